The third kappa shape index (κ3) is 4.80. The summed E-state index contributed by atoms with van der Waals surface area (Å²) in [5.74, 6) is -0.986. The smallest absolute Gasteiger partial charge is 0.422 e. The van der Waals surface area contributed by atoms with Crippen LogP contribution in [-0.4, -0.2) is 36.5 Å². The number of ether oxygens (including phenoxy) is 1. The Hall–Kier alpha value is -1.47. The van der Waals surface area contributed by atoms with Gasteiger partial charge in [-0.3, -0.25) is 4.79 Å². The quantitative estimate of drug-likeness (QED) is 0.799. The van der Waals surface area contributed by atoms with Gasteiger partial charge in [0.15, 0.2) is 6.61 Å². The molecule has 0 unspecified atom stereocenters. The van der Waals surface area contributed by atoms with E-state index in [4.69, 9.17) is 5.11 Å². The van der Waals surface area contributed by atoms with Gasteiger partial charge in [0, 0.05) is 6.54 Å². The first-order chi connectivity index (χ1) is 8.22. The number of alkyl carbamates (subject to hydrolysis) is 1. The van der Waals surface area contributed by atoms with Crippen LogP contribution in [0.2, 0.25) is 0 Å². The third-order valence-electron chi connectivity index (χ3n) is 2.92. The summed E-state index contributed by atoms with van der Waals surface area (Å²) in [7, 11) is 0. The van der Waals surface area contributed by atoms with E-state index < -0.39 is 30.3 Å². The summed E-state index contributed by atoms with van der Waals surface area (Å²) in [6.07, 6.45) is -3.72. The maximum atomic E-state index is 11.8. The Morgan fingerprint density at radius 3 is 2.33 bits per heavy atom. The van der Waals surface area contributed by atoms with Gasteiger partial charge in [-0.2, -0.15) is 13.2 Å². The Kier molecular flexibility index (Phi) is 4.42. The number of alkyl halides is 3. The van der Waals surface area contributed by atoms with Gasteiger partial charge in [0.25, 0.3) is 0 Å². The second-order valence-electron chi connectivity index (χ2n) is 4.47. The lowest BCUT2D eigenvalue weighted by Crippen LogP contribution is -2.44. The lowest BCUT2D eigenvalue weighted by molar-refractivity contribution is -0.160. The number of hydrogen-bond acceptors (Lipinski definition) is 3. The second-order valence-corrected chi connectivity index (χ2v) is 4.47. The largest absolute Gasteiger partial charge is 0.481 e. The summed E-state index contributed by atoms with van der Waals surface area (Å²) in [6.45, 7) is -1.62. The van der Waals surface area contributed by atoms with E-state index in [1.54, 1.807) is 0 Å². The van der Waals surface area contributed by atoms with Crippen molar-refractivity contribution in [2.75, 3.05) is 13.2 Å². The number of rotatable bonds is 5. The molecule has 0 atom stereocenters. The first-order valence-electron chi connectivity index (χ1n) is 5.42. The number of carboxylic acids is 1. The average Bonchev–Trinajstić information content (AvgIpc) is 2.17. The molecule has 0 aromatic heterocycles. The highest BCUT2D eigenvalue weighted by atomic mass is 19.4. The molecular weight excluding hydrogens is 255 g/mol. The Morgan fingerprint density at radius 1 is 1.33 bits per heavy atom. The molecule has 1 fully saturated rings. The Labute approximate surface area is 101 Å². The van der Waals surface area contributed by atoms with Crippen molar-refractivity contribution in [2.45, 2.75) is 31.9 Å². The second kappa shape index (κ2) is 5.45. The van der Waals surface area contributed by atoms with Crippen LogP contribution < -0.4 is 5.32 Å². The Bertz CT molecular complexity index is 326. The topological polar surface area (TPSA) is 75.6 Å². The van der Waals surface area contributed by atoms with E-state index in [0.29, 0.717) is 12.8 Å². The maximum absolute atomic E-state index is 11.8. The number of amides is 1. The van der Waals surface area contributed by atoms with Crippen molar-refractivity contribution >= 4 is 12.1 Å². The number of halogens is 3. The molecule has 1 aliphatic rings. The van der Waals surface area contributed by atoms with Gasteiger partial charge in [0.05, 0.1) is 6.42 Å². The fraction of sp³-hybridized carbons (Fsp3) is 0.800. The molecule has 2 N–H and O–H groups in total. The van der Waals surface area contributed by atoms with Crippen LogP contribution >= 0.6 is 0 Å². The zero-order chi connectivity index (χ0) is 13.8. The van der Waals surface area contributed by atoms with Crippen molar-refractivity contribution in [3.05, 3.63) is 0 Å². The van der Waals surface area contributed by atoms with Gasteiger partial charge in [-0.25, -0.2) is 4.79 Å². The first-order valence-corrected chi connectivity index (χ1v) is 5.42. The van der Waals surface area contributed by atoms with Crippen molar-refractivity contribution in [1.82, 2.24) is 5.32 Å². The molecule has 0 aromatic rings. The molecule has 0 bridgehead atoms. The monoisotopic (exact) mass is 269 g/mol. The zero-order valence-corrected chi connectivity index (χ0v) is 9.55. The van der Waals surface area contributed by atoms with Crippen LogP contribution in [-0.2, 0) is 9.53 Å². The van der Waals surface area contributed by atoms with Crippen molar-refractivity contribution in [2.24, 2.45) is 5.41 Å². The van der Waals surface area contributed by atoms with Crippen LogP contribution in [0.15, 0.2) is 0 Å². The summed E-state index contributed by atoms with van der Waals surface area (Å²) in [5.41, 5.74) is -0.539. The highest BCUT2D eigenvalue weighted by Crippen LogP contribution is 2.43. The number of aliphatic carboxylic acids is 1. The summed E-state index contributed by atoms with van der Waals surface area (Å²) < 4.78 is 39.2. The van der Waals surface area contributed by atoms with E-state index in [9.17, 15) is 22.8 Å². The molecule has 104 valence electrons. The molecule has 18 heavy (non-hydrogen) atoms. The lowest BCUT2D eigenvalue weighted by atomic mass is 9.66. The van der Waals surface area contributed by atoms with Crippen molar-refractivity contribution in [3.63, 3.8) is 0 Å². The van der Waals surface area contributed by atoms with E-state index >= 15 is 0 Å². The van der Waals surface area contributed by atoms with E-state index in [1.165, 1.54) is 0 Å². The zero-order valence-electron chi connectivity index (χ0n) is 9.55. The van der Waals surface area contributed by atoms with Crippen molar-refractivity contribution < 1.29 is 32.6 Å². The minimum Gasteiger partial charge on any atom is -0.481 e. The summed E-state index contributed by atoms with van der Waals surface area (Å²) in [5, 5.41) is 10.9. The molecule has 1 rings (SSSR count). The number of hydrogen-bond donors (Lipinski definition) is 2. The highest BCUT2D eigenvalue weighted by Gasteiger charge is 2.39. The van der Waals surface area contributed by atoms with Gasteiger partial charge < -0.3 is 15.2 Å². The number of nitrogens with one attached hydrogen (secondary N) is 1. The van der Waals surface area contributed by atoms with Gasteiger partial charge in [-0.05, 0) is 18.3 Å². The predicted octanol–water partition coefficient (Wildman–Crippen LogP) is 1.92. The van der Waals surface area contributed by atoms with Crippen LogP contribution in [0, 0.1) is 5.41 Å². The molecular formula is C10H14F3NO4. The molecule has 8 heteroatoms. The van der Waals surface area contributed by atoms with Crippen LogP contribution in [0.1, 0.15) is 25.7 Å². The summed E-state index contributed by atoms with van der Waals surface area (Å²) >= 11 is 0. The SMILES string of the molecule is O=C(O)CC1(CNC(=O)OCC(F)(F)F)CCC1. The highest BCUT2D eigenvalue weighted by molar-refractivity contribution is 5.69. The van der Waals surface area contributed by atoms with E-state index in [1.807, 2.05) is 0 Å². The molecule has 0 heterocycles. The van der Waals surface area contributed by atoms with Crippen LogP contribution in [0.5, 0.6) is 0 Å². The molecule has 0 aliphatic heterocycles. The standard InChI is InChI=1S/C10H14F3NO4/c11-10(12,13)6-18-8(17)14-5-9(2-1-3-9)4-7(15)16/h1-6H2,(H,14,17)(H,15,16). The van der Waals surface area contributed by atoms with Crippen LogP contribution in [0.4, 0.5) is 18.0 Å². The van der Waals surface area contributed by atoms with E-state index in [-0.39, 0.29) is 13.0 Å². The van der Waals surface area contributed by atoms with Crippen molar-refractivity contribution in [1.29, 1.82) is 0 Å². The number of carbonyl (C=O) groups excluding carboxylic acids is 1. The van der Waals surface area contributed by atoms with E-state index in [2.05, 4.69) is 10.1 Å². The maximum Gasteiger partial charge on any atom is 0.422 e. The first kappa shape index (κ1) is 14.6. The molecule has 0 aromatic carbocycles. The van der Waals surface area contributed by atoms with Gasteiger partial charge in [0.2, 0.25) is 0 Å². The molecule has 1 aliphatic carbocycles. The van der Waals surface area contributed by atoms with Crippen molar-refractivity contribution in [3.8, 4) is 0 Å². The fourth-order valence-electron chi connectivity index (χ4n) is 1.87. The number of carboxylic acid groups (broad SMARTS) is 1. The predicted molar refractivity (Wildman–Crippen MR) is 53.9 cm³/mol. The van der Waals surface area contributed by atoms with Gasteiger partial charge in [-0.15, -0.1) is 0 Å². The molecule has 0 radical (unpaired) electrons. The number of carbonyl (C=O) groups is 2. The lowest BCUT2D eigenvalue weighted by Gasteiger charge is -2.40. The minimum atomic E-state index is -4.56. The van der Waals surface area contributed by atoms with Crippen LogP contribution in [0.25, 0.3) is 0 Å². The van der Waals surface area contributed by atoms with Crippen LogP contribution in [0.3, 0.4) is 0 Å². The molecule has 1 saturated carbocycles. The Balaban J connectivity index is 2.30. The molecule has 5 nitrogen and oxygen atoms in total. The third-order valence-corrected chi connectivity index (χ3v) is 2.92. The average molecular weight is 269 g/mol. The summed E-state index contributed by atoms with van der Waals surface area (Å²) in [6, 6.07) is 0. The van der Waals surface area contributed by atoms with Gasteiger partial charge in [-0.1, -0.05) is 6.42 Å². The van der Waals surface area contributed by atoms with Gasteiger partial charge >= 0.3 is 18.2 Å². The fourth-order valence-corrected chi connectivity index (χ4v) is 1.87. The summed E-state index contributed by atoms with van der Waals surface area (Å²) in [4.78, 5) is 21.6. The molecule has 0 saturated heterocycles. The molecule has 1 amide bonds. The minimum absolute atomic E-state index is 0.0238. The molecule has 0 spiro atoms. The van der Waals surface area contributed by atoms with Gasteiger partial charge in [0.1, 0.15) is 0 Å². The van der Waals surface area contributed by atoms with E-state index in [0.717, 1.165) is 6.42 Å². The Morgan fingerprint density at radius 2 is 1.94 bits per heavy atom. The normalized spacial score (nSPS) is 17.7.